The lowest BCUT2D eigenvalue weighted by molar-refractivity contribution is 0.306. The van der Waals surface area contributed by atoms with Crippen molar-refractivity contribution in [3.05, 3.63) is 52.8 Å². The molecule has 1 aromatic heterocycles. The zero-order valence-electron chi connectivity index (χ0n) is 16.0. The van der Waals surface area contributed by atoms with Gasteiger partial charge in [0, 0.05) is 36.9 Å². The van der Waals surface area contributed by atoms with Gasteiger partial charge < -0.3 is 15.5 Å². The van der Waals surface area contributed by atoms with Crippen molar-refractivity contribution in [2.24, 2.45) is 12.0 Å². The maximum atomic E-state index is 5.93. The third-order valence-corrected chi connectivity index (χ3v) is 4.37. The molecule has 0 aliphatic rings. The second-order valence-corrected chi connectivity index (χ2v) is 6.89. The van der Waals surface area contributed by atoms with E-state index in [0.717, 1.165) is 30.5 Å². The second kappa shape index (κ2) is 10.2. The van der Waals surface area contributed by atoms with Crippen molar-refractivity contribution in [1.82, 2.24) is 25.3 Å². The minimum absolute atomic E-state index is 0.190. The molecule has 142 valence electrons. The SMILES string of the molecule is CCNC(=NCC(c1cnn(C)c1)N(C)C)NCCc1ccc(Cl)cc1. The van der Waals surface area contributed by atoms with Crippen LogP contribution in [0.3, 0.4) is 0 Å². The fourth-order valence-corrected chi connectivity index (χ4v) is 2.80. The Morgan fingerprint density at radius 1 is 1.27 bits per heavy atom. The average Bonchev–Trinajstić information content (AvgIpc) is 3.02. The van der Waals surface area contributed by atoms with Crippen LogP contribution < -0.4 is 10.6 Å². The number of hydrogen-bond acceptors (Lipinski definition) is 3. The number of aliphatic imine (C=N–C) groups is 1. The first-order chi connectivity index (χ1) is 12.5. The topological polar surface area (TPSA) is 57.5 Å². The van der Waals surface area contributed by atoms with E-state index >= 15 is 0 Å². The Morgan fingerprint density at radius 3 is 2.58 bits per heavy atom. The molecule has 0 aliphatic heterocycles. The molecule has 2 rings (SSSR count). The Hall–Kier alpha value is -2.05. The van der Waals surface area contributed by atoms with Gasteiger partial charge in [0.05, 0.1) is 18.8 Å². The van der Waals surface area contributed by atoms with E-state index in [-0.39, 0.29) is 6.04 Å². The molecule has 1 atom stereocenters. The van der Waals surface area contributed by atoms with Crippen LogP contribution in [0.4, 0.5) is 0 Å². The van der Waals surface area contributed by atoms with E-state index in [0.29, 0.717) is 6.54 Å². The number of aromatic nitrogens is 2. The molecular weight excluding hydrogens is 348 g/mol. The molecule has 0 fully saturated rings. The van der Waals surface area contributed by atoms with Gasteiger partial charge in [-0.25, -0.2) is 0 Å². The molecule has 0 bridgehead atoms. The molecule has 0 amide bonds. The fourth-order valence-electron chi connectivity index (χ4n) is 2.67. The third kappa shape index (κ3) is 6.35. The predicted octanol–water partition coefficient (Wildman–Crippen LogP) is 2.47. The predicted molar refractivity (Wildman–Crippen MR) is 109 cm³/mol. The monoisotopic (exact) mass is 376 g/mol. The van der Waals surface area contributed by atoms with Crippen molar-refractivity contribution < 1.29 is 0 Å². The molecule has 0 saturated heterocycles. The summed E-state index contributed by atoms with van der Waals surface area (Å²) < 4.78 is 1.82. The van der Waals surface area contributed by atoms with Gasteiger partial charge in [0.2, 0.25) is 0 Å². The van der Waals surface area contributed by atoms with Gasteiger partial charge in [0.1, 0.15) is 0 Å². The number of nitrogens with zero attached hydrogens (tertiary/aromatic N) is 4. The number of hydrogen-bond donors (Lipinski definition) is 2. The lowest BCUT2D eigenvalue weighted by Gasteiger charge is -2.22. The van der Waals surface area contributed by atoms with Crippen LogP contribution in [0, 0.1) is 0 Å². The van der Waals surface area contributed by atoms with Gasteiger partial charge in [0.25, 0.3) is 0 Å². The van der Waals surface area contributed by atoms with Crippen molar-refractivity contribution in [2.45, 2.75) is 19.4 Å². The molecule has 1 unspecified atom stereocenters. The third-order valence-electron chi connectivity index (χ3n) is 4.12. The molecule has 1 aromatic carbocycles. The van der Waals surface area contributed by atoms with Crippen molar-refractivity contribution in [2.75, 3.05) is 33.7 Å². The number of rotatable bonds is 8. The zero-order valence-corrected chi connectivity index (χ0v) is 16.8. The minimum Gasteiger partial charge on any atom is -0.357 e. The van der Waals surface area contributed by atoms with Gasteiger partial charge in [-0.05, 0) is 45.1 Å². The number of likely N-dealkylation sites (N-methyl/N-ethyl adjacent to an activating group) is 1. The summed E-state index contributed by atoms with van der Waals surface area (Å²) in [6, 6.07) is 8.14. The van der Waals surface area contributed by atoms with Crippen LogP contribution in [0.25, 0.3) is 0 Å². The highest BCUT2D eigenvalue weighted by Crippen LogP contribution is 2.17. The molecule has 0 spiro atoms. The van der Waals surface area contributed by atoms with E-state index in [1.807, 2.05) is 36.3 Å². The smallest absolute Gasteiger partial charge is 0.191 e. The van der Waals surface area contributed by atoms with Crippen molar-refractivity contribution in [3.63, 3.8) is 0 Å². The van der Waals surface area contributed by atoms with Gasteiger partial charge in [-0.1, -0.05) is 23.7 Å². The highest BCUT2D eigenvalue weighted by Gasteiger charge is 2.15. The summed E-state index contributed by atoms with van der Waals surface area (Å²) in [7, 11) is 6.06. The molecular formula is C19H29ClN6. The molecule has 6 nitrogen and oxygen atoms in total. The normalized spacial score (nSPS) is 13.1. The van der Waals surface area contributed by atoms with Crippen LogP contribution in [0.15, 0.2) is 41.7 Å². The first-order valence-corrected chi connectivity index (χ1v) is 9.29. The van der Waals surface area contributed by atoms with Crippen LogP contribution in [-0.4, -0.2) is 54.4 Å². The Bertz CT molecular complexity index is 692. The quantitative estimate of drug-likeness (QED) is 0.549. The molecule has 26 heavy (non-hydrogen) atoms. The molecule has 0 radical (unpaired) electrons. The number of halogens is 1. The van der Waals surface area contributed by atoms with Crippen LogP contribution in [0.2, 0.25) is 5.02 Å². The number of guanidine groups is 1. The molecule has 2 aromatic rings. The second-order valence-electron chi connectivity index (χ2n) is 6.45. The van der Waals surface area contributed by atoms with Gasteiger partial charge >= 0.3 is 0 Å². The van der Waals surface area contributed by atoms with Crippen molar-refractivity contribution >= 4 is 17.6 Å². The average molecular weight is 377 g/mol. The van der Waals surface area contributed by atoms with E-state index < -0.39 is 0 Å². The summed E-state index contributed by atoms with van der Waals surface area (Å²) in [5.41, 5.74) is 2.41. The summed E-state index contributed by atoms with van der Waals surface area (Å²) in [5.74, 6) is 0.831. The molecule has 0 saturated carbocycles. The molecule has 7 heteroatoms. The first kappa shape index (κ1) is 20.3. The number of aryl methyl sites for hydroxylation is 1. The van der Waals surface area contributed by atoms with E-state index in [1.54, 1.807) is 0 Å². The van der Waals surface area contributed by atoms with Crippen molar-refractivity contribution in [1.29, 1.82) is 0 Å². The van der Waals surface area contributed by atoms with Crippen molar-refractivity contribution in [3.8, 4) is 0 Å². The summed E-state index contributed by atoms with van der Waals surface area (Å²) in [5, 5.41) is 11.7. The lowest BCUT2D eigenvalue weighted by atomic mass is 10.1. The van der Waals surface area contributed by atoms with E-state index in [4.69, 9.17) is 16.6 Å². The van der Waals surface area contributed by atoms with Crippen LogP contribution in [0.1, 0.15) is 24.1 Å². The van der Waals surface area contributed by atoms with E-state index in [9.17, 15) is 0 Å². The van der Waals surface area contributed by atoms with E-state index in [2.05, 4.69) is 53.8 Å². The maximum Gasteiger partial charge on any atom is 0.191 e. The largest absolute Gasteiger partial charge is 0.357 e. The highest BCUT2D eigenvalue weighted by molar-refractivity contribution is 6.30. The summed E-state index contributed by atoms with van der Waals surface area (Å²) in [4.78, 5) is 6.93. The lowest BCUT2D eigenvalue weighted by Crippen LogP contribution is -2.39. The van der Waals surface area contributed by atoms with E-state index in [1.165, 1.54) is 11.1 Å². The first-order valence-electron chi connectivity index (χ1n) is 8.91. The Kier molecular flexibility index (Phi) is 7.94. The summed E-state index contributed by atoms with van der Waals surface area (Å²) in [6.45, 7) is 4.37. The Morgan fingerprint density at radius 2 is 2.00 bits per heavy atom. The van der Waals surface area contributed by atoms with Gasteiger partial charge in [-0.3, -0.25) is 9.67 Å². The standard InChI is InChI=1S/C19H29ClN6/c1-5-21-19(22-11-10-15-6-8-17(20)9-7-15)23-13-18(25(2)3)16-12-24-26(4)14-16/h6-9,12,14,18H,5,10-11,13H2,1-4H3,(H2,21,22,23). The van der Waals surface area contributed by atoms with Crippen LogP contribution in [0.5, 0.6) is 0 Å². The van der Waals surface area contributed by atoms with Gasteiger partial charge in [-0.2, -0.15) is 5.10 Å². The molecule has 2 N–H and O–H groups in total. The number of benzene rings is 1. The maximum absolute atomic E-state index is 5.93. The Labute approximate surface area is 161 Å². The summed E-state index contributed by atoms with van der Waals surface area (Å²) >= 11 is 5.93. The zero-order chi connectivity index (χ0) is 18.9. The fraction of sp³-hybridized carbons (Fsp3) is 0.474. The molecule has 1 heterocycles. The molecule has 0 aliphatic carbocycles. The van der Waals surface area contributed by atoms with Gasteiger partial charge in [0.15, 0.2) is 5.96 Å². The summed E-state index contributed by atoms with van der Waals surface area (Å²) in [6.07, 6.45) is 4.86. The Balaban J connectivity index is 1.94. The highest BCUT2D eigenvalue weighted by atomic mass is 35.5. The minimum atomic E-state index is 0.190. The van der Waals surface area contributed by atoms with Crippen LogP contribution >= 0.6 is 11.6 Å². The van der Waals surface area contributed by atoms with Gasteiger partial charge in [-0.15, -0.1) is 0 Å². The van der Waals surface area contributed by atoms with Crippen LogP contribution in [-0.2, 0) is 13.5 Å². The number of nitrogens with one attached hydrogen (secondary N) is 2.